The molecule has 5 rings (SSSR count). The van der Waals surface area contributed by atoms with Gasteiger partial charge in [0.2, 0.25) is 0 Å². The van der Waals surface area contributed by atoms with Gasteiger partial charge in [-0.3, -0.25) is 14.4 Å². The number of rotatable bonds is 5. The number of hydrogen-bond donors (Lipinski definition) is 2. The lowest BCUT2D eigenvalue weighted by Gasteiger charge is -2.16. The highest BCUT2D eigenvalue weighted by Gasteiger charge is 2.37. The van der Waals surface area contributed by atoms with Gasteiger partial charge in [0.1, 0.15) is 0 Å². The SMILES string of the molecule is Cc1ccc(Nc2ccccc2NC(=O)c2ccc3c(c2)C(=O)N(c2ccc(C)cc2C)C3=O)cc1. The number of aryl methyl sites for hydroxylation is 3. The number of benzene rings is 4. The molecular weight excluding hydrogens is 450 g/mol. The van der Waals surface area contributed by atoms with Crippen molar-refractivity contribution in [2.75, 3.05) is 15.5 Å². The van der Waals surface area contributed by atoms with Crippen LogP contribution >= 0.6 is 0 Å². The van der Waals surface area contributed by atoms with Crippen LogP contribution in [0.4, 0.5) is 22.7 Å². The standard InChI is InChI=1S/C30H25N3O3/c1-18-8-12-22(13-9-18)31-25-6-4-5-7-26(25)32-28(34)21-11-14-23-24(17-21)30(36)33(29(23)35)27-15-10-19(2)16-20(27)3/h4-17,31H,1-3H3,(H,32,34). The van der Waals surface area contributed by atoms with Crippen molar-refractivity contribution in [3.05, 3.63) is 118 Å². The van der Waals surface area contributed by atoms with Crippen molar-refractivity contribution >= 4 is 40.5 Å². The van der Waals surface area contributed by atoms with Crippen molar-refractivity contribution in [3.63, 3.8) is 0 Å². The Morgan fingerprint density at radius 1 is 0.694 bits per heavy atom. The first-order chi connectivity index (χ1) is 17.3. The molecule has 2 N–H and O–H groups in total. The Kier molecular flexibility index (Phi) is 5.86. The third-order valence-corrected chi connectivity index (χ3v) is 6.25. The molecule has 6 nitrogen and oxygen atoms in total. The van der Waals surface area contributed by atoms with E-state index in [2.05, 4.69) is 10.6 Å². The van der Waals surface area contributed by atoms with E-state index in [0.717, 1.165) is 28.1 Å². The van der Waals surface area contributed by atoms with Gasteiger partial charge in [-0.25, -0.2) is 4.90 Å². The molecule has 1 aliphatic rings. The third kappa shape index (κ3) is 4.25. The maximum absolute atomic E-state index is 13.2. The Hall–Kier alpha value is -4.71. The van der Waals surface area contributed by atoms with E-state index in [9.17, 15) is 14.4 Å². The highest BCUT2D eigenvalue weighted by molar-refractivity contribution is 6.35. The van der Waals surface area contributed by atoms with Crippen molar-refractivity contribution in [1.82, 2.24) is 0 Å². The molecule has 0 bridgehead atoms. The first kappa shape index (κ1) is 23.1. The molecule has 0 aliphatic carbocycles. The molecule has 178 valence electrons. The second kappa shape index (κ2) is 9.15. The summed E-state index contributed by atoms with van der Waals surface area (Å²) in [5.74, 6) is -1.19. The van der Waals surface area contributed by atoms with Crippen molar-refractivity contribution in [3.8, 4) is 0 Å². The van der Waals surface area contributed by atoms with Crippen LogP contribution < -0.4 is 15.5 Å². The summed E-state index contributed by atoms with van der Waals surface area (Å²) in [6, 6.07) is 25.5. The van der Waals surface area contributed by atoms with Gasteiger partial charge < -0.3 is 10.6 Å². The molecule has 0 radical (unpaired) electrons. The first-order valence-electron chi connectivity index (χ1n) is 11.7. The van der Waals surface area contributed by atoms with E-state index in [-0.39, 0.29) is 22.9 Å². The van der Waals surface area contributed by atoms with Crippen LogP contribution in [0.1, 0.15) is 47.8 Å². The molecule has 1 heterocycles. The first-order valence-corrected chi connectivity index (χ1v) is 11.7. The summed E-state index contributed by atoms with van der Waals surface area (Å²) < 4.78 is 0. The second-order valence-corrected chi connectivity index (χ2v) is 8.99. The minimum Gasteiger partial charge on any atom is -0.354 e. The van der Waals surface area contributed by atoms with Crippen LogP contribution in [0, 0.1) is 20.8 Å². The van der Waals surface area contributed by atoms with Gasteiger partial charge in [0.05, 0.1) is 28.2 Å². The molecule has 1 aliphatic heterocycles. The number of nitrogens with zero attached hydrogens (tertiary/aromatic N) is 1. The fourth-order valence-electron chi connectivity index (χ4n) is 4.35. The van der Waals surface area contributed by atoms with E-state index >= 15 is 0 Å². The fraction of sp³-hybridized carbons (Fsp3) is 0.100. The summed E-state index contributed by atoms with van der Waals surface area (Å²) in [5.41, 5.74) is 6.63. The maximum atomic E-state index is 13.2. The van der Waals surface area contributed by atoms with Gasteiger partial charge in [0.25, 0.3) is 17.7 Å². The number of anilines is 4. The highest BCUT2D eigenvalue weighted by atomic mass is 16.2. The zero-order chi connectivity index (χ0) is 25.4. The van der Waals surface area contributed by atoms with Gasteiger partial charge in [-0.05, 0) is 74.9 Å². The third-order valence-electron chi connectivity index (χ3n) is 6.25. The van der Waals surface area contributed by atoms with Gasteiger partial charge >= 0.3 is 0 Å². The van der Waals surface area contributed by atoms with Gasteiger partial charge in [0.15, 0.2) is 0 Å². The molecule has 4 aromatic rings. The topological polar surface area (TPSA) is 78.5 Å². The predicted octanol–water partition coefficient (Wildman–Crippen LogP) is 6.41. The van der Waals surface area contributed by atoms with Crippen LogP contribution in [0.3, 0.4) is 0 Å². The zero-order valence-electron chi connectivity index (χ0n) is 20.3. The molecule has 0 saturated carbocycles. The van der Waals surface area contributed by atoms with Crippen molar-refractivity contribution < 1.29 is 14.4 Å². The average molecular weight is 476 g/mol. The number of para-hydroxylation sites is 2. The Morgan fingerprint density at radius 3 is 2.08 bits per heavy atom. The Balaban J connectivity index is 1.40. The zero-order valence-corrected chi connectivity index (χ0v) is 20.3. The van der Waals surface area contributed by atoms with Crippen LogP contribution in [0.5, 0.6) is 0 Å². The van der Waals surface area contributed by atoms with E-state index in [1.165, 1.54) is 11.0 Å². The largest absolute Gasteiger partial charge is 0.354 e. The monoisotopic (exact) mass is 475 g/mol. The minimum absolute atomic E-state index is 0.221. The van der Waals surface area contributed by atoms with Gasteiger partial charge in [0, 0.05) is 11.3 Å². The lowest BCUT2D eigenvalue weighted by molar-refractivity contribution is 0.0925. The lowest BCUT2D eigenvalue weighted by Crippen LogP contribution is -2.30. The number of fused-ring (bicyclic) bond motifs is 1. The number of carbonyl (C=O) groups excluding carboxylic acids is 3. The second-order valence-electron chi connectivity index (χ2n) is 8.99. The average Bonchev–Trinajstić information content (AvgIpc) is 3.11. The quantitative estimate of drug-likeness (QED) is 0.327. The summed E-state index contributed by atoms with van der Waals surface area (Å²) in [6.45, 7) is 5.85. The molecule has 0 unspecified atom stereocenters. The Morgan fingerprint density at radius 2 is 1.36 bits per heavy atom. The van der Waals surface area contributed by atoms with Crippen LogP contribution in [-0.4, -0.2) is 17.7 Å². The summed E-state index contributed by atoms with van der Waals surface area (Å²) in [4.78, 5) is 40.6. The van der Waals surface area contributed by atoms with E-state index in [4.69, 9.17) is 0 Å². The van der Waals surface area contributed by atoms with Crippen LogP contribution in [0.25, 0.3) is 0 Å². The van der Waals surface area contributed by atoms with E-state index in [0.29, 0.717) is 16.9 Å². The summed E-state index contributed by atoms with van der Waals surface area (Å²) in [7, 11) is 0. The van der Waals surface area contributed by atoms with E-state index < -0.39 is 5.91 Å². The van der Waals surface area contributed by atoms with Crippen molar-refractivity contribution in [1.29, 1.82) is 0 Å². The molecular formula is C30H25N3O3. The summed E-state index contributed by atoms with van der Waals surface area (Å²) >= 11 is 0. The van der Waals surface area contributed by atoms with Gasteiger partial charge in [-0.15, -0.1) is 0 Å². The Bertz CT molecular complexity index is 1520. The molecule has 0 aromatic heterocycles. The van der Waals surface area contributed by atoms with Crippen LogP contribution in [0.2, 0.25) is 0 Å². The highest BCUT2D eigenvalue weighted by Crippen LogP contribution is 2.32. The maximum Gasteiger partial charge on any atom is 0.266 e. The Labute approximate surface area is 209 Å². The molecule has 0 fully saturated rings. The number of nitrogens with one attached hydrogen (secondary N) is 2. The van der Waals surface area contributed by atoms with E-state index in [1.54, 1.807) is 24.3 Å². The number of amides is 3. The molecule has 0 saturated heterocycles. The smallest absolute Gasteiger partial charge is 0.266 e. The fourth-order valence-corrected chi connectivity index (χ4v) is 4.35. The lowest BCUT2D eigenvalue weighted by atomic mass is 10.1. The number of imide groups is 1. The van der Waals surface area contributed by atoms with Crippen LogP contribution in [0.15, 0.2) is 84.9 Å². The number of carbonyl (C=O) groups is 3. The number of hydrogen-bond acceptors (Lipinski definition) is 4. The summed E-state index contributed by atoms with van der Waals surface area (Å²) in [6.07, 6.45) is 0. The molecule has 6 heteroatoms. The normalized spacial score (nSPS) is 12.5. The summed E-state index contributed by atoms with van der Waals surface area (Å²) in [5, 5.41) is 6.25. The van der Waals surface area contributed by atoms with Crippen LogP contribution in [-0.2, 0) is 0 Å². The van der Waals surface area contributed by atoms with Gasteiger partial charge in [-0.1, -0.05) is 47.5 Å². The molecule has 0 spiro atoms. The molecule has 0 atom stereocenters. The molecule has 3 amide bonds. The van der Waals surface area contributed by atoms with Crippen molar-refractivity contribution in [2.24, 2.45) is 0 Å². The molecule has 36 heavy (non-hydrogen) atoms. The van der Waals surface area contributed by atoms with Gasteiger partial charge in [-0.2, -0.15) is 0 Å². The predicted molar refractivity (Wildman–Crippen MR) is 142 cm³/mol. The van der Waals surface area contributed by atoms with Crippen molar-refractivity contribution in [2.45, 2.75) is 20.8 Å². The van der Waals surface area contributed by atoms with E-state index in [1.807, 2.05) is 75.4 Å². The minimum atomic E-state index is -0.432. The molecule has 4 aromatic carbocycles.